The van der Waals surface area contributed by atoms with Crippen molar-refractivity contribution < 1.29 is 0 Å². The van der Waals surface area contributed by atoms with Crippen LogP contribution in [0.3, 0.4) is 0 Å². The minimum atomic E-state index is 0.202. The van der Waals surface area contributed by atoms with Gasteiger partial charge in [-0.3, -0.25) is 0 Å². The number of rotatable bonds is 5. The van der Waals surface area contributed by atoms with Gasteiger partial charge in [0.1, 0.15) is 5.82 Å². The molecule has 0 aromatic carbocycles. The first-order chi connectivity index (χ1) is 8.43. The molecule has 0 fully saturated rings. The Morgan fingerprint density at radius 2 is 2.11 bits per heavy atom. The lowest BCUT2D eigenvalue weighted by Gasteiger charge is -2.22. The Hall–Kier alpha value is -1.60. The standard InChI is InChI=1S/C14H22N4/c1-10(2)13(16)5-6-18(4)14-8-12(9-15)7-11(3)17-14/h7-8,10,13H,5-6,16H2,1-4H3. The summed E-state index contributed by atoms with van der Waals surface area (Å²) in [6.45, 7) is 7.01. The SMILES string of the molecule is Cc1cc(C#N)cc(N(C)CCC(N)C(C)C)n1. The van der Waals surface area contributed by atoms with Crippen molar-refractivity contribution in [3.8, 4) is 6.07 Å². The summed E-state index contributed by atoms with van der Waals surface area (Å²) < 4.78 is 0. The molecule has 1 unspecified atom stereocenters. The molecule has 0 bridgehead atoms. The van der Waals surface area contributed by atoms with Gasteiger partial charge in [0, 0.05) is 25.3 Å². The van der Waals surface area contributed by atoms with Gasteiger partial charge in [0.15, 0.2) is 0 Å². The summed E-state index contributed by atoms with van der Waals surface area (Å²) in [7, 11) is 1.98. The predicted molar refractivity (Wildman–Crippen MR) is 74.4 cm³/mol. The molecular weight excluding hydrogens is 224 g/mol. The molecule has 18 heavy (non-hydrogen) atoms. The number of pyridine rings is 1. The predicted octanol–water partition coefficient (Wildman–Crippen LogP) is 2.07. The summed E-state index contributed by atoms with van der Waals surface area (Å²) in [5.74, 6) is 1.32. The minimum absolute atomic E-state index is 0.202. The fourth-order valence-corrected chi connectivity index (χ4v) is 1.70. The molecule has 4 nitrogen and oxygen atoms in total. The Morgan fingerprint density at radius 3 is 2.67 bits per heavy atom. The van der Waals surface area contributed by atoms with Gasteiger partial charge in [-0.15, -0.1) is 0 Å². The number of hydrogen-bond donors (Lipinski definition) is 1. The van der Waals surface area contributed by atoms with Crippen molar-refractivity contribution in [3.05, 3.63) is 23.4 Å². The van der Waals surface area contributed by atoms with Gasteiger partial charge in [-0.1, -0.05) is 13.8 Å². The molecule has 0 saturated heterocycles. The fourth-order valence-electron chi connectivity index (χ4n) is 1.70. The van der Waals surface area contributed by atoms with Crippen molar-refractivity contribution in [1.29, 1.82) is 5.26 Å². The molecule has 0 aliphatic rings. The van der Waals surface area contributed by atoms with E-state index in [9.17, 15) is 0 Å². The van der Waals surface area contributed by atoms with Crippen LogP contribution in [-0.4, -0.2) is 24.6 Å². The molecule has 4 heteroatoms. The van der Waals surface area contributed by atoms with Gasteiger partial charge in [0.2, 0.25) is 0 Å². The molecule has 1 atom stereocenters. The topological polar surface area (TPSA) is 65.9 Å². The summed E-state index contributed by atoms with van der Waals surface area (Å²) in [4.78, 5) is 6.49. The molecule has 1 aromatic rings. The van der Waals surface area contributed by atoms with E-state index >= 15 is 0 Å². The highest BCUT2D eigenvalue weighted by molar-refractivity contribution is 5.45. The molecule has 0 aliphatic carbocycles. The molecule has 98 valence electrons. The fraction of sp³-hybridized carbons (Fsp3) is 0.571. The van der Waals surface area contributed by atoms with Gasteiger partial charge in [-0.25, -0.2) is 4.98 Å². The van der Waals surface area contributed by atoms with Crippen LogP contribution in [0.15, 0.2) is 12.1 Å². The lowest BCUT2D eigenvalue weighted by Crippen LogP contribution is -2.32. The Bertz CT molecular complexity index is 434. The van der Waals surface area contributed by atoms with Crippen LogP contribution in [0.2, 0.25) is 0 Å². The van der Waals surface area contributed by atoms with Crippen LogP contribution in [0.1, 0.15) is 31.5 Å². The zero-order valence-electron chi connectivity index (χ0n) is 11.6. The number of aryl methyl sites for hydroxylation is 1. The van der Waals surface area contributed by atoms with Crippen LogP contribution >= 0.6 is 0 Å². The summed E-state index contributed by atoms with van der Waals surface area (Å²) >= 11 is 0. The van der Waals surface area contributed by atoms with Crippen molar-refractivity contribution in [3.63, 3.8) is 0 Å². The summed E-state index contributed by atoms with van der Waals surface area (Å²) in [6, 6.07) is 5.96. The normalized spacial score (nSPS) is 12.3. The van der Waals surface area contributed by atoms with Crippen LogP contribution in [0, 0.1) is 24.2 Å². The van der Waals surface area contributed by atoms with Gasteiger partial charge in [0.25, 0.3) is 0 Å². The highest BCUT2D eigenvalue weighted by Gasteiger charge is 2.10. The zero-order valence-corrected chi connectivity index (χ0v) is 11.6. The van der Waals surface area contributed by atoms with Crippen molar-refractivity contribution in [1.82, 2.24) is 4.98 Å². The van der Waals surface area contributed by atoms with Crippen molar-refractivity contribution >= 4 is 5.82 Å². The average Bonchev–Trinajstić information content (AvgIpc) is 2.34. The van der Waals surface area contributed by atoms with E-state index in [0.29, 0.717) is 11.5 Å². The maximum absolute atomic E-state index is 8.94. The third kappa shape index (κ3) is 4.01. The summed E-state index contributed by atoms with van der Waals surface area (Å²) in [5, 5.41) is 8.94. The Morgan fingerprint density at radius 1 is 1.44 bits per heavy atom. The monoisotopic (exact) mass is 246 g/mol. The lowest BCUT2D eigenvalue weighted by atomic mass is 10.0. The molecule has 2 N–H and O–H groups in total. The van der Waals surface area contributed by atoms with E-state index < -0.39 is 0 Å². The van der Waals surface area contributed by atoms with Crippen LogP contribution < -0.4 is 10.6 Å². The second-order valence-electron chi connectivity index (χ2n) is 5.09. The first kappa shape index (κ1) is 14.5. The maximum atomic E-state index is 8.94. The van der Waals surface area contributed by atoms with E-state index in [2.05, 4.69) is 29.8 Å². The third-order valence-corrected chi connectivity index (χ3v) is 3.11. The Kier molecular flexibility index (Phi) is 5.11. The molecule has 0 aliphatic heterocycles. The van der Waals surface area contributed by atoms with E-state index in [-0.39, 0.29) is 6.04 Å². The average molecular weight is 246 g/mol. The van der Waals surface area contributed by atoms with E-state index in [1.54, 1.807) is 6.07 Å². The largest absolute Gasteiger partial charge is 0.360 e. The molecule has 0 radical (unpaired) electrons. The van der Waals surface area contributed by atoms with E-state index in [1.807, 2.05) is 20.0 Å². The van der Waals surface area contributed by atoms with E-state index in [1.165, 1.54) is 0 Å². The smallest absolute Gasteiger partial charge is 0.129 e. The van der Waals surface area contributed by atoms with Gasteiger partial charge in [-0.2, -0.15) is 5.26 Å². The van der Waals surface area contributed by atoms with Crippen molar-refractivity contribution in [2.24, 2.45) is 11.7 Å². The maximum Gasteiger partial charge on any atom is 0.129 e. The van der Waals surface area contributed by atoms with E-state index in [0.717, 1.165) is 24.5 Å². The quantitative estimate of drug-likeness (QED) is 0.863. The first-order valence-electron chi connectivity index (χ1n) is 6.29. The Balaban J connectivity index is 2.70. The van der Waals surface area contributed by atoms with Gasteiger partial charge in [0.05, 0.1) is 11.6 Å². The number of aromatic nitrogens is 1. The molecule has 0 spiro atoms. The van der Waals surface area contributed by atoms with Crippen LogP contribution in [-0.2, 0) is 0 Å². The van der Waals surface area contributed by atoms with Crippen LogP contribution in [0.25, 0.3) is 0 Å². The molecule has 0 saturated carbocycles. The van der Waals surface area contributed by atoms with Gasteiger partial charge < -0.3 is 10.6 Å². The third-order valence-electron chi connectivity index (χ3n) is 3.11. The van der Waals surface area contributed by atoms with Crippen LogP contribution in [0.5, 0.6) is 0 Å². The van der Waals surface area contributed by atoms with Gasteiger partial charge >= 0.3 is 0 Å². The number of anilines is 1. The number of hydrogen-bond acceptors (Lipinski definition) is 4. The minimum Gasteiger partial charge on any atom is -0.360 e. The number of nitriles is 1. The number of nitrogens with two attached hydrogens (primary N) is 1. The molecule has 1 rings (SSSR count). The van der Waals surface area contributed by atoms with E-state index in [4.69, 9.17) is 11.0 Å². The molecular formula is C14H22N4. The first-order valence-corrected chi connectivity index (χ1v) is 6.29. The second-order valence-corrected chi connectivity index (χ2v) is 5.09. The van der Waals surface area contributed by atoms with Crippen LogP contribution in [0.4, 0.5) is 5.82 Å². The summed E-state index contributed by atoms with van der Waals surface area (Å²) in [5.41, 5.74) is 7.54. The second kappa shape index (κ2) is 6.36. The molecule has 0 amide bonds. The highest BCUT2D eigenvalue weighted by atomic mass is 15.2. The zero-order chi connectivity index (χ0) is 13.7. The molecule has 1 aromatic heterocycles. The summed E-state index contributed by atoms with van der Waals surface area (Å²) in [6.07, 6.45) is 0.922. The Labute approximate surface area is 109 Å². The lowest BCUT2D eigenvalue weighted by molar-refractivity contribution is 0.465. The van der Waals surface area contributed by atoms with Crippen molar-refractivity contribution in [2.75, 3.05) is 18.5 Å². The van der Waals surface area contributed by atoms with Gasteiger partial charge in [-0.05, 0) is 31.4 Å². The van der Waals surface area contributed by atoms with Crippen molar-refractivity contribution in [2.45, 2.75) is 33.2 Å². The highest BCUT2D eigenvalue weighted by Crippen LogP contribution is 2.14. The number of nitrogens with zero attached hydrogens (tertiary/aromatic N) is 3. The molecule has 1 heterocycles.